The molecule has 0 aliphatic carbocycles. The van der Waals surface area contributed by atoms with Crippen LogP contribution in [0.25, 0.3) is 0 Å². The van der Waals surface area contributed by atoms with Crippen LogP contribution in [0.1, 0.15) is 67.6 Å². The Morgan fingerprint density at radius 1 is 0.971 bits per heavy atom. The van der Waals surface area contributed by atoms with E-state index in [4.69, 9.17) is 9.47 Å². The van der Waals surface area contributed by atoms with Crippen LogP contribution in [0.4, 0.5) is 0 Å². The minimum atomic E-state index is -1.13. The van der Waals surface area contributed by atoms with Crippen molar-refractivity contribution in [2.75, 3.05) is 26.4 Å². The van der Waals surface area contributed by atoms with Gasteiger partial charge in [-0.3, -0.25) is 4.79 Å². The average molecular weight is 498 g/mol. The van der Waals surface area contributed by atoms with Gasteiger partial charge in [0.2, 0.25) is 0 Å². The van der Waals surface area contributed by atoms with E-state index < -0.39 is 17.2 Å². The number of nitrogens with zero attached hydrogens (tertiary/aromatic N) is 1. The van der Waals surface area contributed by atoms with Crippen molar-refractivity contribution >= 4 is 23.5 Å². The number of hydrogen-bond acceptors (Lipinski definition) is 6. The number of ketones is 1. The molecule has 2 aromatic carbocycles. The monoisotopic (exact) mass is 497 g/mol. The van der Waals surface area contributed by atoms with Crippen molar-refractivity contribution in [1.82, 2.24) is 4.90 Å². The topological polar surface area (TPSA) is 55.8 Å². The second-order valence-corrected chi connectivity index (χ2v) is 12.0. The highest BCUT2D eigenvalue weighted by Gasteiger charge is 2.39. The van der Waals surface area contributed by atoms with Crippen LogP contribution in [0.15, 0.2) is 41.3 Å². The molecule has 1 aliphatic rings. The molecule has 0 radical (unpaired) electrons. The summed E-state index contributed by atoms with van der Waals surface area (Å²) in [6.45, 7) is 14.5. The predicted molar refractivity (Wildman–Crippen MR) is 143 cm³/mol. The molecule has 190 valence electrons. The van der Waals surface area contributed by atoms with Crippen LogP contribution in [0.5, 0.6) is 5.75 Å². The third-order valence-electron chi connectivity index (χ3n) is 6.37. The van der Waals surface area contributed by atoms with Crippen LogP contribution < -0.4 is 4.74 Å². The molecule has 1 unspecified atom stereocenters. The molecule has 0 aromatic heterocycles. The van der Waals surface area contributed by atoms with Gasteiger partial charge < -0.3 is 14.4 Å². The highest BCUT2D eigenvalue weighted by molar-refractivity contribution is 7.98. The SMILES string of the molecule is CSc1ccc(C(=O)C2CN(C)C[C@@H]2c2cc(C)c(OC(C)(C)C(=O)OC(C)(C)C)c(C)c2)cc1. The third-order valence-corrected chi connectivity index (χ3v) is 7.12. The Morgan fingerprint density at radius 3 is 2.06 bits per heavy atom. The second-order valence-electron chi connectivity index (χ2n) is 11.1. The smallest absolute Gasteiger partial charge is 0.350 e. The van der Waals surface area contributed by atoms with Crippen LogP contribution >= 0.6 is 11.8 Å². The van der Waals surface area contributed by atoms with E-state index in [1.807, 2.05) is 65.1 Å². The average Bonchev–Trinajstić information content (AvgIpc) is 3.16. The first-order valence-electron chi connectivity index (χ1n) is 12.1. The number of likely N-dealkylation sites (N-methyl/N-ethyl adjacent to an activating group) is 1. The van der Waals surface area contributed by atoms with Crippen molar-refractivity contribution in [2.45, 2.75) is 70.5 Å². The maximum Gasteiger partial charge on any atom is 0.350 e. The standard InChI is InChI=1S/C29H39NO4S/c1-18-14-21(15-19(2)26(18)33-29(6,7)27(32)34-28(3,4)5)23-16-30(8)17-24(23)25(31)20-10-12-22(35-9)13-11-20/h10-15,23-24H,16-17H2,1-9H3/t23-,24?/m1/s1. The zero-order chi connectivity index (χ0) is 26.1. The molecule has 2 aromatic rings. The lowest BCUT2D eigenvalue weighted by atomic mass is 9.82. The fourth-order valence-electron chi connectivity index (χ4n) is 4.63. The van der Waals surface area contributed by atoms with Gasteiger partial charge in [-0.15, -0.1) is 11.8 Å². The van der Waals surface area contributed by atoms with Crippen LogP contribution in [-0.2, 0) is 9.53 Å². The van der Waals surface area contributed by atoms with Gasteiger partial charge in [0.25, 0.3) is 0 Å². The number of Topliss-reactive ketones (excluding diaryl/α,β-unsaturated/α-hetero) is 1. The summed E-state index contributed by atoms with van der Waals surface area (Å²) < 4.78 is 11.8. The Kier molecular flexibility index (Phi) is 8.07. The summed E-state index contributed by atoms with van der Waals surface area (Å²) in [5.74, 6) is 0.463. The molecule has 1 aliphatic heterocycles. The lowest BCUT2D eigenvalue weighted by molar-refractivity contribution is -0.171. The number of thioether (sulfide) groups is 1. The molecule has 1 saturated heterocycles. The lowest BCUT2D eigenvalue weighted by Crippen LogP contribution is -2.43. The summed E-state index contributed by atoms with van der Waals surface area (Å²) in [5.41, 5.74) is 2.08. The van der Waals surface area contributed by atoms with Crippen LogP contribution in [0, 0.1) is 19.8 Å². The molecule has 0 spiro atoms. The molecule has 1 fully saturated rings. The fraction of sp³-hybridized carbons (Fsp3) is 0.517. The summed E-state index contributed by atoms with van der Waals surface area (Å²) in [4.78, 5) is 29.6. The molecule has 35 heavy (non-hydrogen) atoms. The van der Waals surface area contributed by atoms with Gasteiger partial charge in [-0.05, 0) is 90.6 Å². The van der Waals surface area contributed by atoms with E-state index in [2.05, 4.69) is 24.1 Å². The van der Waals surface area contributed by atoms with Gasteiger partial charge in [0.15, 0.2) is 11.4 Å². The molecular formula is C29H39NO4S. The molecule has 2 atom stereocenters. The summed E-state index contributed by atoms with van der Waals surface area (Å²) in [5, 5.41) is 0. The summed E-state index contributed by atoms with van der Waals surface area (Å²) in [6, 6.07) is 12.1. The normalized spacial score (nSPS) is 19.0. The number of aryl methyl sites for hydroxylation is 2. The molecule has 0 saturated carbocycles. The van der Waals surface area contributed by atoms with Gasteiger partial charge in [-0.2, -0.15) is 0 Å². The zero-order valence-corrected chi connectivity index (χ0v) is 23.3. The second kappa shape index (κ2) is 10.4. The quantitative estimate of drug-likeness (QED) is 0.264. The number of rotatable bonds is 7. The molecule has 0 bridgehead atoms. The minimum Gasteiger partial charge on any atom is -0.476 e. The summed E-state index contributed by atoms with van der Waals surface area (Å²) >= 11 is 1.67. The van der Waals surface area contributed by atoms with Crippen LogP contribution in [0.2, 0.25) is 0 Å². The Labute approximate surface area is 214 Å². The lowest BCUT2D eigenvalue weighted by Gasteiger charge is -2.30. The van der Waals surface area contributed by atoms with E-state index >= 15 is 0 Å². The third kappa shape index (κ3) is 6.47. The Hall–Kier alpha value is -2.31. The number of benzene rings is 2. The van der Waals surface area contributed by atoms with E-state index in [-0.39, 0.29) is 17.6 Å². The van der Waals surface area contributed by atoms with Crippen molar-refractivity contribution in [3.8, 4) is 5.75 Å². The van der Waals surface area contributed by atoms with Gasteiger partial charge in [0, 0.05) is 35.4 Å². The van der Waals surface area contributed by atoms with E-state index in [9.17, 15) is 9.59 Å². The first-order chi connectivity index (χ1) is 16.2. The molecule has 0 amide bonds. The van der Waals surface area contributed by atoms with E-state index in [0.29, 0.717) is 5.75 Å². The minimum absolute atomic E-state index is 0.0954. The van der Waals surface area contributed by atoms with E-state index in [1.165, 1.54) is 0 Å². The van der Waals surface area contributed by atoms with Crippen LogP contribution in [-0.4, -0.2) is 54.2 Å². The van der Waals surface area contributed by atoms with Crippen molar-refractivity contribution in [3.63, 3.8) is 0 Å². The number of ether oxygens (including phenoxy) is 2. The molecule has 3 rings (SSSR count). The molecule has 0 N–H and O–H groups in total. The number of likely N-dealkylation sites (tertiary alicyclic amines) is 1. The van der Waals surface area contributed by atoms with Gasteiger partial charge in [-0.25, -0.2) is 4.79 Å². The fourth-order valence-corrected chi connectivity index (χ4v) is 5.04. The number of esters is 1. The van der Waals surface area contributed by atoms with E-state index in [0.717, 1.165) is 40.2 Å². The molecular weight excluding hydrogens is 458 g/mol. The van der Waals surface area contributed by atoms with Gasteiger partial charge in [0.05, 0.1) is 0 Å². The van der Waals surface area contributed by atoms with Crippen molar-refractivity contribution in [3.05, 3.63) is 58.7 Å². The van der Waals surface area contributed by atoms with Crippen molar-refractivity contribution in [1.29, 1.82) is 0 Å². The first-order valence-corrected chi connectivity index (χ1v) is 13.3. The molecule has 1 heterocycles. The van der Waals surface area contributed by atoms with Gasteiger partial charge in [-0.1, -0.05) is 24.3 Å². The first kappa shape index (κ1) is 27.3. The van der Waals surface area contributed by atoms with Crippen LogP contribution in [0.3, 0.4) is 0 Å². The van der Waals surface area contributed by atoms with Crippen molar-refractivity contribution < 1.29 is 19.1 Å². The largest absolute Gasteiger partial charge is 0.476 e. The number of hydrogen-bond donors (Lipinski definition) is 0. The molecule has 6 heteroatoms. The van der Waals surface area contributed by atoms with Gasteiger partial charge >= 0.3 is 5.97 Å². The Bertz CT molecular complexity index is 1060. The Balaban J connectivity index is 1.86. The summed E-state index contributed by atoms with van der Waals surface area (Å²) in [7, 11) is 2.07. The Morgan fingerprint density at radius 2 is 1.54 bits per heavy atom. The number of carbonyl (C=O) groups is 2. The highest BCUT2D eigenvalue weighted by Crippen LogP contribution is 2.38. The number of carbonyl (C=O) groups excluding carboxylic acids is 2. The maximum atomic E-state index is 13.5. The maximum absolute atomic E-state index is 13.5. The predicted octanol–water partition coefficient (Wildman–Crippen LogP) is 6.05. The highest BCUT2D eigenvalue weighted by atomic mass is 32.2. The van der Waals surface area contributed by atoms with Gasteiger partial charge in [0.1, 0.15) is 11.4 Å². The van der Waals surface area contributed by atoms with Crippen molar-refractivity contribution in [2.24, 2.45) is 5.92 Å². The zero-order valence-electron chi connectivity index (χ0n) is 22.5. The summed E-state index contributed by atoms with van der Waals surface area (Å²) in [6.07, 6.45) is 2.03. The molecule has 5 nitrogen and oxygen atoms in total. The van der Waals surface area contributed by atoms with E-state index in [1.54, 1.807) is 25.6 Å².